The number of rotatable bonds is 3. The highest BCUT2D eigenvalue weighted by molar-refractivity contribution is 6.97. The molecule has 0 nitrogen and oxygen atoms in total. The van der Waals surface area contributed by atoms with E-state index in [0.29, 0.717) is 12.1 Å². The van der Waals surface area contributed by atoms with Gasteiger partial charge in [-0.2, -0.15) is 0 Å². The predicted molar refractivity (Wildman–Crippen MR) is 147 cm³/mol. The van der Waals surface area contributed by atoms with E-state index in [4.69, 9.17) is 0 Å². The summed E-state index contributed by atoms with van der Waals surface area (Å²) in [6, 6.07) is 6.19. The minimum Gasteiger partial charge on any atom is -0.206 e. The molecule has 0 aliphatic heterocycles. The van der Waals surface area contributed by atoms with Gasteiger partial charge in [-0.05, 0) is 57.4 Å². The van der Waals surface area contributed by atoms with Gasteiger partial charge in [0.2, 0.25) is 0 Å². The molecule has 48 heavy (non-hydrogen) atoms. The Morgan fingerprint density at radius 3 is 1.60 bits per heavy atom. The Hall–Kier alpha value is -5.08. The van der Waals surface area contributed by atoms with E-state index in [-0.39, 0.29) is 5.56 Å². The highest BCUT2D eigenvalue weighted by Crippen LogP contribution is 2.41. The van der Waals surface area contributed by atoms with E-state index in [1.165, 1.54) is 0 Å². The van der Waals surface area contributed by atoms with Crippen LogP contribution in [0.2, 0.25) is 0 Å². The van der Waals surface area contributed by atoms with Crippen LogP contribution in [0.3, 0.4) is 0 Å². The molecule has 6 aromatic carbocycles. The van der Waals surface area contributed by atoms with Crippen molar-refractivity contribution in [1.82, 2.24) is 0 Å². The maximum Gasteiger partial charge on any atom is 0.258 e. The average Bonchev–Trinajstić information content (AvgIpc) is 3.45. The van der Waals surface area contributed by atoms with Crippen molar-refractivity contribution in [3.05, 3.63) is 135 Å². The van der Waals surface area contributed by atoms with Crippen LogP contribution in [0.5, 0.6) is 0 Å². The second kappa shape index (κ2) is 10.7. The number of hydrogen-bond donors (Lipinski definition) is 0. The monoisotopic (exact) mass is 682 g/mol. The second-order valence-electron chi connectivity index (χ2n) is 10.9. The van der Waals surface area contributed by atoms with Gasteiger partial charge in [-0.25, -0.2) is 61.5 Å². The Labute approximate surface area is 258 Å². The third-order valence-electron chi connectivity index (χ3n) is 8.48. The fourth-order valence-corrected chi connectivity index (χ4v) is 6.48. The smallest absolute Gasteiger partial charge is 0.206 e. The van der Waals surface area contributed by atoms with Gasteiger partial charge in [-0.3, -0.25) is 0 Å². The highest BCUT2D eigenvalue weighted by Gasteiger charge is 2.45. The molecule has 0 unspecified atom stereocenters. The molecule has 0 saturated heterocycles. The minimum absolute atomic E-state index is 0.200. The maximum absolute atomic E-state index is 16.1. The standard InChI is InChI=1S/C33H9BF14/c35-13-5-1-3-9-7-11-17(15(9)13)23(38)29(44)25(40)19(11)34(21-27(42)31(46)33(48)32(47)28(21)43)20-12-8-10-4-2-6-14(36)16(10)22(37)18(12)24(39)30(45)26(20)41/h1-6,8H,7H2. The molecular formula is C33H9BF14. The summed E-state index contributed by atoms with van der Waals surface area (Å²) in [6.45, 7) is -3.24. The molecule has 0 aromatic heterocycles. The lowest BCUT2D eigenvalue weighted by molar-refractivity contribution is 0.384. The van der Waals surface area contributed by atoms with Crippen molar-refractivity contribution in [1.29, 1.82) is 0 Å². The lowest BCUT2D eigenvalue weighted by Gasteiger charge is -2.24. The summed E-state index contributed by atoms with van der Waals surface area (Å²) >= 11 is 0. The first-order chi connectivity index (χ1) is 22.7. The first kappa shape index (κ1) is 31.5. The zero-order valence-corrected chi connectivity index (χ0v) is 23.1. The first-order valence-corrected chi connectivity index (χ1v) is 13.5. The van der Waals surface area contributed by atoms with Gasteiger partial charge in [0.25, 0.3) is 6.71 Å². The summed E-state index contributed by atoms with van der Waals surface area (Å²) < 4.78 is 214. The lowest BCUT2D eigenvalue weighted by Crippen LogP contribution is -2.59. The van der Waals surface area contributed by atoms with Crippen molar-refractivity contribution < 1.29 is 61.5 Å². The molecule has 0 saturated carbocycles. The SMILES string of the molecule is Fc1cccc2c1-c1c(F)c(F)c(F)c(B(c3c(F)c(F)c(F)c(F)c3F)c3c(F)c(F)c(F)c4c(F)c5c(F)cccc5cc34)c1C2. The highest BCUT2D eigenvalue weighted by atomic mass is 19.2. The van der Waals surface area contributed by atoms with Gasteiger partial charge in [-0.15, -0.1) is 0 Å². The fraction of sp³-hybridized carbons (Fsp3) is 0.0303. The van der Waals surface area contributed by atoms with E-state index in [1.54, 1.807) is 0 Å². The van der Waals surface area contributed by atoms with Crippen molar-refractivity contribution in [2.24, 2.45) is 0 Å². The van der Waals surface area contributed by atoms with E-state index < -0.39 is 149 Å². The molecule has 0 amide bonds. The van der Waals surface area contributed by atoms with Gasteiger partial charge in [0.15, 0.2) is 64.0 Å². The zero-order chi connectivity index (χ0) is 34.7. The molecule has 0 atom stereocenters. The molecule has 0 bridgehead atoms. The van der Waals surface area contributed by atoms with Gasteiger partial charge in [0.1, 0.15) is 17.5 Å². The Morgan fingerprint density at radius 2 is 0.938 bits per heavy atom. The van der Waals surface area contributed by atoms with Gasteiger partial charge in [-0.1, -0.05) is 24.3 Å². The Kier molecular flexibility index (Phi) is 7.04. The molecule has 1 aliphatic carbocycles. The average molecular weight is 682 g/mol. The number of hydrogen-bond acceptors (Lipinski definition) is 0. The second-order valence-corrected chi connectivity index (χ2v) is 10.9. The molecule has 1 aliphatic rings. The molecule has 7 rings (SSSR count). The maximum atomic E-state index is 16.1. The summed E-state index contributed by atoms with van der Waals surface area (Å²) in [4.78, 5) is 0. The van der Waals surface area contributed by atoms with Crippen LogP contribution in [0, 0.1) is 81.4 Å². The van der Waals surface area contributed by atoms with Crippen molar-refractivity contribution in [3.63, 3.8) is 0 Å². The Balaban J connectivity index is 1.75. The van der Waals surface area contributed by atoms with Gasteiger partial charge >= 0.3 is 0 Å². The number of fused-ring (bicyclic) bond motifs is 5. The number of benzene rings is 6. The van der Waals surface area contributed by atoms with E-state index in [1.807, 2.05) is 0 Å². The quantitative estimate of drug-likeness (QED) is 0.0583. The summed E-state index contributed by atoms with van der Waals surface area (Å²) in [5, 5.41) is -4.38. The van der Waals surface area contributed by atoms with Crippen molar-refractivity contribution >= 4 is 44.6 Å². The van der Waals surface area contributed by atoms with E-state index in [0.717, 1.165) is 30.3 Å². The van der Waals surface area contributed by atoms with Gasteiger partial charge < -0.3 is 0 Å². The van der Waals surface area contributed by atoms with Crippen LogP contribution in [0.15, 0.2) is 42.5 Å². The number of halogens is 14. The molecule has 15 heteroatoms. The predicted octanol–water partition coefficient (Wildman–Crippen LogP) is 8.03. The first-order valence-electron chi connectivity index (χ1n) is 13.5. The topological polar surface area (TPSA) is 0 Å². The van der Waals surface area contributed by atoms with E-state index >= 15 is 39.5 Å². The van der Waals surface area contributed by atoms with Crippen LogP contribution >= 0.6 is 0 Å². The van der Waals surface area contributed by atoms with Crippen LogP contribution in [0.25, 0.3) is 32.7 Å². The van der Waals surface area contributed by atoms with E-state index in [2.05, 4.69) is 0 Å². The molecule has 0 N–H and O–H groups in total. The van der Waals surface area contributed by atoms with Gasteiger partial charge in [0.05, 0.1) is 10.8 Å². The van der Waals surface area contributed by atoms with Gasteiger partial charge in [0, 0.05) is 16.6 Å². The van der Waals surface area contributed by atoms with Crippen LogP contribution in [0.1, 0.15) is 11.1 Å². The molecular weight excluding hydrogens is 673 g/mol. The van der Waals surface area contributed by atoms with Crippen LogP contribution in [-0.2, 0) is 6.42 Å². The third-order valence-corrected chi connectivity index (χ3v) is 8.48. The van der Waals surface area contributed by atoms with E-state index in [9.17, 15) is 22.0 Å². The molecule has 0 heterocycles. The third kappa shape index (κ3) is 4.05. The summed E-state index contributed by atoms with van der Waals surface area (Å²) in [5.74, 6) is -32.7. The minimum atomic E-state index is -3.24. The zero-order valence-electron chi connectivity index (χ0n) is 23.1. The van der Waals surface area contributed by atoms with Crippen molar-refractivity contribution in [3.8, 4) is 11.1 Å². The molecule has 242 valence electrons. The summed E-state index contributed by atoms with van der Waals surface area (Å²) in [6.07, 6.45) is -0.816. The van der Waals surface area contributed by atoms with Crippen LogP contribution in [-0.4, -0.2) is 6.71 Å². The summed E-state index contributed by atoms with van der Waals surface area (Å²) in [5.41, 5.74) is -8.34. The van der Waals surface area contributed by atoms with Crippen LogP contribution in [0.4, 0.5) is 61.5 Å². The summed E-state index contributed by atoms with van der Waals surface area (Å²) in [7, 11) is 0. The molecule has 6 aromatic rings. The fourth-order valence-electron chi connectivity index (χ4n) is 6.48. The van der Waals surface area contributed by atoms with Crippen LogP contribution < -0.4 is 16.4 Å². The molecule has 0 fully saturated rings. The Bertz CT molecular complexity index is 2410. The Morgan fingerprint density at radius 1 is 0.417 bits per heavy atom. The normalized spacial score (nSPS) is 12.3. The van der Waals surface area contributed by atoms with Crippen molar-refractivity contribution in [2.75, 3.05) is 0 Å². The lowest BCUT2D eigenvalue weighted by atomic mass is 9.34. The largest absolute Gasteiger partial charge is 0.258 e. The molecule has 0 radical (unpaired) electrons. The molecule has 0 spiro atoms. The van der Waals surface area contributed by atoms with Crippen molar-refractivity contribution in [2.45, 2.75) is 6.42 Å².